The molecule has 2 N–H and O–H groups in total. The molecule has 0 aliphatic heterocycles. The van der Waals surface area contributed by atoms with E-state index < -0.39 is 5.97 Å². The standard InChI is InChI=1S/C34H33N3O2S.2ClH/c38-33(39)20-17-27-15-18-31(19-16-27)35-23-28-11-13-29(14-12-28)24-37(22-21-26-7-3-1-4-8-26)34-36-32(25-40-34)30-9-5-2-6-10-30;;/h1-16,18-19,25,35H,17,20-24H2,(H,38,39);2*1H. The number of aromatic nitrogens is 1. The molecule has 0 radical (unpaired) electrons. The van der Waals surface area contributed by atoms with Crippen LogP contribution in [0.3, 0.4) is 0 Å². The Hall–Kier alpha value is -3.84. The van der Waals surface area contributed by atoms with Gasteiger partial charge in [0.15, 0.2) is 5.13 Å². The SMILES string of the molecule is Cl.Cl.O=C(O)CCc1ccc(NCc2ccc(CN(CCc3ccccc3)c3nc(-c4ccccc4)cs3)cc2)cc1. The molecular weight excluding hydrogens is 585 g/mol. The van der Waals surface area contributed by atoms with Gasteiger partial charge in [-0.05, 0) is 47.2 Å². The first kappa shape index (κ1) is 32.7. The molecular formula is C34H35Cl2N3O2S. The van der Waals surface area contributed by atoms with Gasteiger partial charge in [0.25, 0.3) is 0 Å². The summed E-state index contributed by atoms with van der Waals surface area (Å²) < 4.78 is 0. The maximum absolute atomic E-state index is 10.8. The number of nitrogens with one attached hydrogen (secondary N) is 1. The predicted octanol–water partition coefficient (Wildman–Crippen LogP) is 8.53. The third kappa shape index (κ3) is 9.62. The van der Waals surface area contributed by atoms with Crippen LogP contribution in [0.25, 0.3) is 11.3 Å². The average molecular weight is 621 g/mol. The molecule has 1 heterocycles. The predicted molar refractivity (Wildman–Crippen MR) is 179 cm³/mol. The van der Waals surface area contributed by atoms with Gasteiger partial charge in [0, 0.05) is 42.7 Å². The largest absolute Gasteiger partial charge is 0.481 e. The topological polar surface area (TPSA) is 65.5 Å². The number of thiazole rings is 1. The average Bonchev–Trinajstić information content (AvgIpc) is 3.50. The van der Waals surface area contributed by atoms with Gasteiger partial charge in [-0.15, -0.1) is 36.2 Å². The molecule has 0 fully saturated rings. The van der Waals surface area contributed by atoms with Crippen molar-refractivity contribution in [1.82, 2.24) is 4.98 Å². The molecule has 5 aromatic rings. The van der Waals surface area contributed by atoms with Crippen LogP contribution in [0.2, 0.25) is 0 Å². The Bertz CT molecular complexity index is 1500. The van der Waals surface area contributed by atoms with Crippen molar-refractivity contribution in [2.24, 2.45) is 0 Å². The fraction of sp³-hybridized carbons (Fsp3) is 0.176. The highest BCUT2D eigenvalue weighted by molar-refractivity contribution is 7.14. The van der Waals surface area contributed by atoms with Crippen LogP contribution in [-0.2, 0) is 30.7 Å². The molecule has 0 saturated carbocycles. The van der Waals surface area contributed by atoms with Crippen molar-refractivity contribution in [1.29, 1.82) is 0 Å². The molecule has 0 saturated heterocycles. The molecule has 0 atom stereocenters. The summed E-state index contributed by atoms with van der Waals surface area (Å²) >= 11 is 1.70. The van der Waals surface area contributed by atoms with Crippen molar-refractivity contribution in [2.45, 2.75) is 32.4 Å². The van der Waals surface area contributed by atoms with E-state index in [0.717, 1.165) is 53.7 Å². The van der Waals surface area contributed by atoms with Gasteiger partial charge in [0.1, 0.15) is 0 Å². The minimum atomic E-state index is -0.770. The Labute approximate surface area is 264 Å². The van der Waals surface area contributed by atoms with Crippen LogP contribution in [-0.4, -0.2) is 22.6 Å². The summed E-state index contributed by atoms with van der Waals surface area (Å²) in [4.78, 5) is 18.2. The van der Waals surface area contributed by atoms with Gasteiger partial charge < -0.3 is 15.3 Å². The molecule has 0 spiro atoms. The van der Waals surface area contributed by atoms with Crippen LogP contribution in [0, 0.1) is 0 Å². The summed E-state index contributed by atoms with van der Waals surface area (Å²) in [5.41, 5.74) is 7.98. The van der Waals surface area contributed by atoms with Crippen molar-refractivity contribution >= 4 is 52.9 Å². The number of nitrogens with zero attached hydrogens (tertiary/aromatic N) is 2. The molecule has 0 aliphatic carbocycles. The quantitative estimate of drug-likeness (QED) is 0.138. The molecule has 0 bridgehead atoms. The van der Waals surface area contributed by atoms with Gasteiger partial charge in [-0.3, -0.25) is 4.79 Å². The van der Waals surface area contributed by atoms with E-state index >= 15 is 0 Å². The Morgan fingerprint density at radius 1 is 0.738 bits per heavy atom. The number of aliphatic carboxylic acids is 1. The monoisotopic (exact) mass is 619 g/mol. The highest BCUT2D eigenvalue weighted by Gasteiger charge is 2.13. The van der Waals surface area contributed by atoms with Crippen LogP contribution in [0.15, 0.2) is 115 Å². The third-order valence-electron chi connectivity index (χ3n) is 6.82. The van der Waals surface area contributed by atoms with E-state index in [0.29, 0.717) is 6.42 Å². The zero-order chi connectivity index (χ0) is 27.6. The van der Waals surface area contributed by atoms with Gasteiger partial charge in [0.2, 0.25) is 0 Å². The number of hydrogen-bond acceptors (Lipinski definition) is 5. The number of carboxylic acid groups (broad SMARTS) is 1. The number of hydrogen-bond donors (Lipinski definition) is 2. The second kappa shape index (κ2) is 16.6. The van der Waals surface area contributed by atoms with Crippen molar-refractivity contribution in [3.8, 4) is 11.3 Å². The van der Waals surface area contributed by atoms with E-state index in [-0.39, 0.29) is 31.2 Å². The second-order valence-corrected chi connectivity index (χ2v) is 10.6. The Morgan fingerprint density at radius 3 is 2.00 bits per heavy atom. The molecule has 0 aliphatic rings. The summed E-state index contributed by atoms with van der Waals surface area (Å²) in [6, 6.07) is 37.7. The summed E-state index contributed by atoms with van der Waals surface area (Å²) in [7, 11) is 0. The highest BCUT2D eigenvalue weighted by Crippen LogP contribution is 2.29. The van der Waals surface area contributed by atoms with Crippen LogP contribution in [0.1, 0.15) is 28.7 Å². The molecule has 1 aromatic heterocycles. The molecule has 0 amide bonds. The van der Waals surface area contributed by atoms with Crippen LogP contribution in [0.5, 0.6) is 0 Å². The lowest BCUT2D eigenvalue weighted by Crippen LogP contribution is -2.25. The summed E-state index contributed by atoms with van der Waals surface area (Å²) in [6.45, 7) is 2.40. The van der Waals surface area contributed by atoms with Crippen LogP contribution in [0.4, 0.5) is 10.8 Å². The van der Waals surface area contributed by atoms with Crippen molar-refractivity contribution in [3.05, 3.63) is 137 Å². The van der Waals surface area contributed by atoms with E-state index in [1.165, 1.54) is 16.7 Å². The fourth-order valence-electron chi connectivity index (χ4n) is 4.53. The number of carboxylic acids is 1. The first-order valence-corrected chi connectivity index (χ1v) is 14.4. The zero-order valence-electron chi connectivity index (χ0n) is 23.2. The lowest BCUT2D eigenvalue weighted by Gasteiger charge is -2.22. The summed E-state index contributed by atoms with van der Waals surface area (Å²) in [5.74, 6) is -0.770. The van der Waals surface area contributed by atoms with E-state index in [1.54, 1.807) is 11.3 Å². The molecule has 218 valence electrons. The molecule has 4 aromatic carbocycles. The normalized spacial score (nSPS) is 10.3. The number of benzene rings is 4. The fourth-order valence-corrected chi connectivity index (χ4v) is 5.39. The lowest BCUT2D eigenvalue weighted by atomic mass is 10.1. The maximum atomic E-state index is 10.8. The third-order valence-corrected chi connectivity index (χ3v) is 7.72. The molecule has 8 heteroatoms. The van der Waals surface area contributed by atoms with Gasteiger partial charge >= 0.3 is 5.97 Å². The first-order chi connectivity index (χ1) is 19.6. The van der Waals surface area contributed by atoms with Crippen LogP contribution < -0.4 is 10.2 Å². The lowest BCUT2D eigenvalue weighted by molar-refractivity contribution is -0.136. The number of carbonyl (C=O) groups is 1. The van der Waals surface area contributed by atoms with E-state index in [9.17, 15) is 4.79 Å². The van der Waals surface area contributed by atoms with Crippen molar-refractivity contribution in [3.63, 3.8) is 0 Å². The zero-order valence-corrected chi connectivity index (χ0v) is 25.6. The molecule has 5 nitrogen and oxygen atoms in total. The van der Waals surface area contributed by atoms with Crippen molar-refractivity contribution in [2.75, 3.05) is 16.8 Å². The van der Waals surface area contributed by atoms with E-state index in [1.807, 2.05) is 30.3 Å². The second-order valence-electron chi connectivity index (χ2n) is 9.80. The molecule has 42 heavy (non-hydrogen) atoms. The number of aryl methyl sites for hydroxylation is 1. The van der Waals surface area contributed by atoms with Crippen LogP contribution >= 0.6 is 36.2 Å². The van der Waals surface area contributed by atoms with Gasteiger partial charge in [-0.25, -0.2) is 4.98 Å². The summed E-state index contributed by atoms with van der Waals surface area (Å²) in [5, 5.41) is 15.5. The minimum Gasteiger partial charge on any atom is -0.481 e. The molecule has 0 unspecified atom stereocenters. The smallest absolute Gasteiger partial charge is 0.303 e. The Kier molecular flexibility index (Phi) is 12.9. The van der Waals surface area contributed by atoms with Gasteiger partial charge in [-0.2, -0.15) is 0 Å². The summed E-state index contributed by atoms with van der Waals surface area (Å²) in [6.07, 6.45) is 1.66. The number of halogens is 2. The van der Waals surface area contributed by atoms with Crippen molar-refractivity contribution < 1.29 is 9.90 Å². The van der Waals surface area contributed by atoms with Gasteiger partial charge in [-0.1, -0.05) is 97.1 Å². The minimum absolute atomic E-state index is 0. The Balaban J connectivity index is 0.00000242. The molecule has 5 rings (SSSR count). The first-order valence-electron chi connectivity index (χ1n) is 13.5. The van der Waals surface area contributed by atoms with E-state index in [4.69, 9.17) is 10.1 Å². The maximum Gasteiger partial charge on any atom is 0.303 e. The van der Waals surface area contributed by atoms with Gasteiger partial charge in [0.05, 0.1) is 5.69 Å². The Morgan fingerprint density at radius 2 is 1.33 bits per heavy atom. The number of anilines is 2. The highest BCUT2D eigenvalue weighted by atomic mass is 35.5. The number of rotatable bonds is 13. The van der Waals surface area contributed by atoms with E-state index in [2.05, 4.69) is 94.5 Å².